The van der Waals surface area contributed by atoms with Gasteiger partial charge in [0.15, 0.2) is 11.5 Å². The summed E-state index contributed by atoms with van der Waals surface area (Å²) in [5.74, 6) is 1.59. The van der Waals surface area contributed by atoms with Crippen LogP contribution in [0.4, 0.5) is 0 Å². The molecular formula is C13H9N3O2. The molecule has 18 heavy (non-hydrogen) atoms. The number of fused-ring (bicyclic) bond motifs is 1. The maximum atomic E-state index is 8.87. The van der Waals surface area contributed by atoms with Crippen LogP contribution in [0.1, 0.15) is 11.5 Å². The van der Waals surface area contributed by atoms with Crippen LogP contribution in [0.5, 0.6) is 11.5 Å². The van der Waals surface area contributed by atoms with Crippen molar-refractivity contribution in [3.63, 3.8) is 0 Å². The van der Waals surface area contributed by atoms with Crippen LogP contribution < -0.4 is 9.47 Å². The van der Waals surface area contributed by atoms with E-state index in [1.54, 1.807) is 0 Å². The van der Waals surface area contributed by atoms with Crippen molar-refractivity contribution in [2.75, 3.05) is 6.79 Å². The molecule has 2 aromatic rings. The summed E-state index contributed by atoms with van der Waals surface area (Å²) in [7, 11) is 0. The van der Waals surface area contributed by atoms with E-state index in [1.165, 1.54) is 0 Å². The van der Waals surface area contributed by atoms with E-state index in [1.807, 2.05) is 37.3 Å². The number of nitrogens with zero attached hydrogens (tertiary/aromatic N) is 3. The van der Waals surface area contributed by atoms with Crippen molar-refractivity contribution in [3.8, 4) is 28.8 Å². The Bertz CT molecular complexity index is 662. The molecule has 0 atom stereocenters. The quantitative estimate of drug-likeness (QED) is 0.761. The van der Waals surface area contributed by atoms with Gasteiger partial charge in [0.1, 0.15) is 6.07 Å². The highest BCUT2D eigenvalue weighted by molar-refractivity contribution is 5.64. The molecule has 5 nitrogen and oxygen atoms in total. The second-order valence-corrected chi connectivity index (χ2v) is 3.90. The zero-order chi connectivity index (χ0) is 12.5. The molecule has 1 aromatic carbocycles. The molecule has 0 radical (unpaired) electrons. The first-order valence-electron chi connectivity index (χ1n) is 5.42. The minimum absolute atomic E-state index is 0.169. The van der Waals surface area contributed by atoms with Gasteiger partial charge in [-0.1, -0.05) is 0 Å². The molecule has 3 rings (SSSR count). The molecule has 0 bridgehead atoms. The lowest BCUT2D eigenvalue weighted by molar-refractivity contribution is 0.174. The lowest BCUT2D eigenvalue weighted by Crippen LogP contribution is -1.95. The fraction of sp³-hybridized carbons (Fsp3) is 0.154. The number of aromatic nitrogens is 2. The zero-order valence-electron chi connectivity index (χ0n) is 9.67. The molecule has 0 aliphatic carbocycles. The average molecular weight is 239 g/mol. The maximum absolute atomic E-state index is 8.87. The summed E-state index contributed by atoms with van der Waals surface area (Å²) in [5.41, 5.74) is 2.34. The van der Waals surface area contributed by atoms with E-state index in [0.717, 1.165) is 17.0 Å². The normalized spacial score (nSPS) is 12.2. The van der Waals surface area contributed by atoms with Crippen LogP contribution >= 0.6 is 0 Å². The number of rotatable bonds is 1. The van der Waals surface area contributed by atoms with E-state index in [9.17, 15) is 0 Å². The molecule has 1 aliphatic heterocycles. The number of benzene rings is 1. The van der Waals surface area contributed by atoms with Crippen molar-refractivity contribution < 1.29 is 9.47 Å². The first-order valence-corrected chi connectivity index (χ1v) is 5.42. The highest BCUT2D eigenvalue weighted by Crippen LogP contribution is 2.35. The van der Waals surface area contributed by atoms with Crippen LogP contribution in [0.2, 0.25) is 0 Å². The van der Waals surface area contributed by atoms with E-state index >= 15 is 0 Å². The second-order valence-electron chi connectivity index (χ2n) is 3.90. The summed E-state index contributed by atoms with van der Waals surface area (Å²) < 4.78 is 10.6. The van der Waals surface area contributed by atoms with Crippen LogP contribution in [0, 0.1) is 18.3 Å². The van der Waals surface area contributed by atoms with Crippen LogP contribution in [0.25, 0.3) is 11.3 Å². The van der Waals surface area contributed by atoms with Gasteiger partial charge in [0.05, 0.1) is 5.69 Å². The van der Waals surface area contributed by atoms with Gasteiger partial charge in [-0.25, -0.2) is 9.97 Å². The average Bonchev–Trinajstić information content (AvgIpc) is 2.85. The van der Waals surface area contributed by atoms with E-state index in [0.29, 0.717) is 11.4 Å². The monoisotopic (exact) mass is 239 g/mol. The SMILES string of the molecule is Cc1cc(-c2ccc3c(c2)OCO3)nc(C#N)n1. The van der Waals surface area contributed by atoms with Gasteiger partial charge in [0.25, 0.3) is 0 Å². The van der Waals surface area contributed by atoms with Crippen LogP contribution in [-0.4, -0.2) is 16.8 Å². The Morgan fingerprint density at radius 2 is 2.00 bits per heavy atom. The molecule has 88 valence electrons. The number of hydrogen-bond donors (Lipinski definition) is 0. The Morgan fingerprint density at radius 1 is 1.17 bits per heavy atom. The predicted octanol–water partition coefficient (Wildman–Crippen LogP) is 2.05. The van der Waals surface area contributed by atoms with Crippen LogP contribution in [0.3, 0.4) is 0 Å². The number of hydrogen-bond acceptors (Lipinski definition) is 5. The lowest BCUT2D eigenvalue weighted by Gasteiger charge is -2.03. The zero-order valence-corrected chi connectivity index (χ0v) is 9.67. The van der Waals surface area contributed by atoms with Gasteiger partial charge in [-0.2, -0.15) is 5.26 Å². The van der Waals surface area contributed by atoms with Gasteiger partial charge < -0.3 is 9.47 Å². The van der Waals surface area contributed by atoms with Crippen LogP contribution in [-0.2, 0) is 0 Å². The van der Waals surface area contributed by atoms with Crippen molar-refractivity contribution in [3.05, 3.63) is 35.8 Å². The van der Waals surface area contributed by atoms with Crippen molar-refractivity contribution in [1.82, 2.24) is 9.97 Å². The summed E-state index contributed by atoms with van der Waals surface area (Å²) in [6.45, 7) is 2.07. The summed E-state index contributed by atoms with van der Waals surface area (Å²) in [5, 5.41) is 8.87. The van der Waals surface area contributed by atoms with E-state index in [-0.39, 0.29) is 12.6 Å². The third kappa shape index (κ3) is 1.74. The molecule has 0 spiro atoms. The molecular weight excluding hydrogens is 230 g/mol. The standard InChI is InChI=1S/C13H9N3O2/c1-8-4-10(16-13(6-14)15-8)9-2-3-11-12(5-9)18-7-17-11/h2-5H,7H2,1H3. The molecule has 1 aliphatic rings. The first-order chi connectivity index (χ1) is 8.76. The third-order valence-electron chi connectivity index (χ3n) is 2.62. The summed E-state index contributed by atoms with van der Waals surface area (Å²) in [6, 6.07) is 9.36. The van der Waals surface area contributed by atoms with Gasteiger partial charge in [-0.3, -0.25) is 0 Å². The Hall–Kier alpha value is -2.61. The van der Waals surface area contributed by atoms with Crippen molar-refractivity contribution in [2.45, 2.75) is 6.92 Å². The number of aryl methyl sites for hydroxylation is 1. The Morgan fingerprint density at radius 3 is 2.83 bits per heavy atom. The summed E-state index contributed by atoms with van der Waals surface area (Å²) in [6.07, 6.45) is 0. The number of nitriles is 1. The molecule has 0 saturated carbocycles. The highest BCUT2D eigenvalue weighted by Gasteiger charge is 2.14. The van der Waals surface area contributed by atoms with Crippen molar-refractivity contribution in [1.29, 1.82) is 5.26 Å². The number of ether oxygens (including phenoxy) is 2. The summed E-state index contributed by atoms with van der Waals surface area (Å²) >= 11 is 0. The first kappa shape index (κ1) is 10.5. The van der Waals surface area contributed by atoms with Crippen molar-refractivity contribution >= 4 is 0 Å². The Labute approximate surface area is 104 Å². The van der Waals surface area contributed by atoms with E-state index in [4.69, 9.17) is 14.7 Å². The minimum atomic E-state index is 0.169. The Kier molecular flexibility index (Phi) is 2.34. The smallest absolute Gasteiger partial charge is 0.232 e. The summed E-state index contributed by atoms with van der Waals surface area (Å²) in [4.78, 5) is 8.20. The lowest BCUT2D eigenvalue weighted by atomic mass is 10.1. The molecule has 0 unspecified atom stereocenters. The Balaban J connectivity index is 2.10. The molecule has 1 aromatic heterocycles. The molecule has 0 N–H and O–H groups in total. The molecule has 2 heterocycles. The fourth-order valence-electron chi connectivity index (χ4n) is 1.82. The van der Waals surface area contributed by atoms with E-state index in [2.05, 4.69) is 9.97 Å². The van der Waals surface area contributed by atoms with Crippen molar-refractivity contribution in [2.24, 2.45) is 0 Å². The minimum Gasteiger partial charge on any atom is -0.454 e. The largest absolute Gasteiger partial charge is 0.454 e. The fourth-order valence-corrected chi connectivity index (χ4v) is 1.82. The predicted molar refractivity (Wildman–Crippen MR) is 63.0 cm³/mol. The van der Waals surface area contributed by atoms with E-state index < -0.39 is 0 Å². The van der Waals surface area contributed by atoms with Gasteiger partial charge in [-0.15, -0.1) is 0 Å². The third-order valence-corrected chi connectivity index (χ3v) is 2.62. The topological polar surface area (TPSA) is 68.0 Å². The van der Waals surface area contributed by atoms with Gasteiger partial charge in [0.2, 0.25) is 12.6 Å². The van der Waals surface area contributed by atoms with Gasteiger partial charge >= 0.3 is 0 Å². The maximum Gasteiger partial charge on any atom is 0.232 e. The molecule has 0 fully saturated rings. The van der Waals surface area contributed by atoms with Gasteiger partial charge in [-0.05, 0) is 31.2 Å². The second kappa shape index (κ2) is 4.00. The highest BCUT2D eigenvalue weighted by atomic mass is 16.7. The molecule has 5 heteroatoms. The van der Waals surface area contributed by atoms with Gasteiger partial charge in [0, 0.05) is 11.3 Å². The molecule has 0 amide bonds. The molecule has 0 saturated heterocycles. The van der Waals surface area contributed by atoms with Crippen LogP contribution in [0.15, 0.2) is 24.3 Å².